The number of hydrogen-bond acceptors (Lipinski definition) is 2. The first-order chi connectivity index (χ1) is 8.16. The van der Waals surface area contributed by atoms with Crippen molar-refractivity contribution in [3.63, 3.8) is 0 Å². The van der Waals surface area contributed by atoms with E-state index in [-0.39, 0.29) is 5.56 Å². The van der Waals surface area contributed by atoms with Gasteiger partial charge in [0.15, 0.2) is 0 Å². The zero-order valence-corrected chi connectivity index (χ0v) is 8.85. The summed E-state index contributed by atoms with van der Waals surface area (Å²) < 4.78 is 13.0. The molecule has 4 heteroatoms. The Labute approximate surface area is 97.5 Å². The Bertz CT molecular complexity index is 540. The number of aromatic carboxylic acids is 1. The molecule has 17 heavy (non-hydrogen) atoms. The number of nitrogens with one attached hydrogen (secondary N) is 1. The van der Waals surface area contributed by atoms with Crippen molar-refractivity contribution >= 4 is 17.3 Å². The summed E-state index contributed by atoms with van der Waals surface area (Å²) in [5, 5.41) is 11.9. The average Bonchev–Trinajstić information content (AvgIpc) is 2.32. The van der Waals surface area contributed by atoms with Crippen molar-refractivity contribution in [3.8, 4) is 0 Å². The number of carboxylic acid groups (broad SMARTS) is 1. The summed E-state index contributed by atoms with van der Waals surface area (Å²) >= 11 is 0. The Balaban J connectivity index is 2.36. The summed E-state index contributed by atoms with van der Waals surface area (Å²) in [6.07, 6.45) is 0. The van der Waals surface area contributed by atoms with Crippen molar-refractivity contribution in [2.75, 3.05) is 5.32 Å². The normalized spacial score (nSPS) is 9.94. The number of benzene rings is 2. The van der Waals surface area contributed by atoms with E-state index < -0.39 is 11.8 Å². The minimum atomic E-state index is -1.16. The first-order valence-electron chi connectivity index (χ1n) is 5.02. The molecule has 0 heterocycles. The third-order valence-electron chi connectivity index (χ3n) is 2.26. The van der Waals surface area contributed by atoms with Crippen LogP contribution < -0.4 is 5.32 Å². The van der Waals surface area contributed by atoms with E-state index in [2.05, 4.69) is 5.32 Å². The number of halogens is 1. The number of carboxylic acids is 1. The topological polar surface area (TPSA) is 49.3 Å². The molecule has 0 unspecified atom stereocenters. The lowest BCUT2D eigenvalue weighted by Gasteiger charge is -2.09. The number of carbonyl (C=O) groups is 1. The molecule has 0 atom stereocenters. The van der Waals surface area contributed by atoms with Crippen LogP contribution in [0.3, 0.4) is 0 Å². The van der Waals surface area contributed by atoms with Gasteiger partial charge >= 0.3 is 5.97 Å². The Hall–Kier alpha value is -2.36. The molecule has 0 amide bonds. The molecule has 0 aliphatic rings. The van der Waals surface area contributed by atoms with Gasteiger partial charge in [0, 0.05) is 5.69 Å². The Morgan fingerprint density at radius 1 is 1.12 bits per heavy atom. The van der Waals surface area contributed by atoms with Crippen LogP contribution in [0.25, 0.3) is 0 Å². The molecule has 0 saturated heterocycles. The van der Waals surface area contributed by atoms with E-state index in [1.54, 1.807) is 12.1 Å². The average molecular weight is 231 g/mol. The van der Waals surface area contributed by atoms with Gasteiger partial charge in [0.1, 0.15) is 5.82 Å². The van der Waals surface area contributed by atoms with Gasteiger partial charge in [-0.05, 0) is 30.3 Å². The number of anilines is 2. The summed E-state index contributed by atoms with van der Waals surface area (Å²) in [5.41, 5.74) is 1.03. The molecular formula is C13H10FNO2. The highest BCUT2D eigenvalue weighted by Crippen LogP contribution is 2.21. The van der Waals surface area contributed by atoms with Gasteiger partial charge < -0.3 is 10.4 Å². The largest absolute Gasteiger partial charge is 0.478 e. The SMILES string of the molecule is O=C(O)c1cc(F)ccc1Nc1ccccc1. The van der Waals surface area contributed by atoms with E-state index in [1.807, 2.05) is 18.2 Å². The van der Waals surface area contributed by atoms with Crippen LogP contribution >= 0.6 is 0 Å². The molecule has 2 aromatic rings. The molecule has 0 aliphatic heterocycles. The minimum Gasteiger partial charge on any atom is -0.478 e. The predicted octanol–water partition coefficient (Wildman–Crippen LogP) is 3.27. The Morgan fingerprint density at radius 3 is 2.47 bits per heavy atom. The van der Waals surface area contributed by atoms with Gasteiger partial charge in [-0.3, -0.25) is 0 Å². The Kier molecular flexibility index (Phi) is 3.05. The van der Waals surface area contributed by atoms with Gasteiger partial charge in [-0.2, -0.15) is 0 Å². The molecule has 2 aromatic carbocycles. The smallest absolute Gasteiger partial charge is 0.337 e. The molecule has 0 radical (unpaired) electrons. The maximum Gasteiger partial charge on any atom is 0.337 e. The fourth-order valence-corrected chi connectivity index (χ4v) is 1.48. The van der Waals surface area contributed by atoms with Gasteiger partial charge in [-0.25, -0.2) is 9.18 Å². The fourth-order valence-electron chi connectivity index (χ4n) is 1.48. The van der Waals surface area contributed by atoms with Crippen molar-refractivity contribution in [1.82, 2.24) is 0 Å². The third kappa shape index (κ3) is 2.60. The maximum absolute atomic E-state index is 13.0. The number of para-hydroxylation sites is 1. The monoisotopic (exact) mass is 231 g/mol. The van der Waals surface area contributed by atoms with Gasteiger partial charge in [0.25, 0.3) is 0 Å². The van der Waals surface area contributed by atoms with Gasteiger partial charge in [-0.15, -0.1) is 0 Å². The Morgan fingerprint density at radius 2 is 1.82 bits per heavy atom. The second-order valence-electron chi connectivity index (χ2n) is 3.49. The van der Waals surface area contributed by atoms with Crippen molar-refractivity contribution in [2.24, 2.45) is 0 Å². The molecule has 0 fully saturated rings. The first kappa shape index (κ1) is 11.1. The van der Waals surface area contributed by atoms with Crippen LogP contribution in [-0.4, -0.2) is 11.1 Å². The maximum atomic E-state index is 13.0. The molecule has 2 rings (SSSR count). The van der Waals surface area contributed by atoms with Crippen molar-refractivity contribution < 1.29 is 14.3 Å². The van der Waals surface area contributed by atoms with Crippen LogP contribution in [0.2, 0.25) is 0 Å². The molecule has 2 N–H and O–H groups in total. The summed E-state index contributed by atoms with van der Waals surface area (Å²) in [7, 11) is 0. The van der Waals surface area contributed by atoms with Gasteiger partial charge in [0.2, 0.25) is 0 Å². The lowest BCUT2D eigenvalue weighted by molar-refractivity contribution is 0.0697. The molecule has 0 aliphatic carbocycles. The van der Waals surface area contributed by atoms with Gasteiger partial charge in [0.05, 0.1) is 11.3 Å². The standard InChI is InChI=1S/C13H10FNO2/c14-9-6-7-12(11(8-9)13(16)17)15-10-4-2-1-3-5-10/h1-8,15H,(H,16,17). The van der Waals surface area contributed by atoms with E-state index in [9.17, 15) is 9.18 Å². The van der Waals surface area contributed by atoms with Crippen molar-refractivity contribution in [2.45, 2.75) is 0 Å². The minimum absolute atomic E-state index is 0.0890. The highest BCUT2D eigenvalue weighted by atomic mass is 19.1. The van der Waals surface area contributed by atoms with E-state index in [0.29, 0.717) is 5.69 Å². The fraction of sp³-hybridized carbons (Fsp3) is 0. The van der Waals surface area contributed by atoms with Gasteiger partial charge in [-0.1, -0.05) is 18.2 Å². The van der Waals surface area contributed by atoms with Crippen LogP contribution in [0.4, 0.5) is 15.8 Å². The molecule has 0 aromatic heterocycles. The highest BCUT2D eigenvalue weighted by molar-refractivity contribution is 5.95. The van der Waals surface area contributed by atoms with Crippen LogP contribution in [-0.2, 0) is 0 Å². The molecule has 0 saturated carbocycles. The zero-order chi connectivity index (χ0) is 12.3. The first-order valence-corrected chi connectivity index (χ1v) is 5.02. The summed E-state index contributed by atoms with van der Waals surface area (Å²) in [5.74, 6) is -1.73. The second-order valence-corrected chi connectivity index (χ2v) is 3.49. The zero-order valence-electron chi connectivity index (χ0n) is 8.85. The third-order valence-corrected chi connectivity index (χ3v) is 2.26. The molecule has 3 nitrogen and oxygen atoms in total. The van der Waals surface area contributed by atoms with E-state index in [4.69, 9.17) is 5.11 Å². The molecule has 0 bridgehead atoms. The summed E-state index contributed by atoms with van der Waals surface area (Å²) in [4.78, 5) is 11.0. The second kappa shape index (κ2) is 4.65. The summed E-state index contributed by atoms with van der Waals surface area (Å²) in [6.45, 7) is 0. The lowest BCUT2D eigenvalue weighted by atomic mass is 10.1. The number of rotatable bonds is 3. The number of hydrogen-bond donors (Lipinski definition) is 2. The quantitative estimate of drug-likeness (QED) is 0.852. The van der Waals surface area contributed by atoms with Crippen LogP contribution in [0.1, 0.15) is 10.4 Å². The van der Waals surface area contributed by atoms with Crippen molar-refractivity contribution in [3.05, 3.63) is 59.9 Å². The van der Waals surface area contributed by atoms with E-state index in [1.165, 1.54) is 12.1 Å². The van der Waals surface area contributed by atoms with Crippen LogP contribution in [0.5, 0.6) is 0 Å². The van der Waals surface area contributed by atoms with Crippen molar-refractivity contribution in [1.29, 1.82) is 0 Å². The summed E-state index contributed by atoms with van der Waals surface area (Å²) in [6, 6.07) is 12.7. The lowest BCUT2D eigenvalue weighted by Crippen LogP contribution is -2.03. The van der Waals surface area contributed by atoms with E-state index in [0.717, 1.165) is 11.8 Å². The highest BCUT2D eigenvalue weighted by Gasteiger charge is 2.11. The molecular weight excluding hydrogens is 221 g/mol. The predicted molar refractivity (Wildman–Crippen MR) is 63.1 cm³/mol. The molecule has 0 spiro atoms. The van der Waals surface area contributed by atoms with Crippen LogP contribution in [0.15, 0.2) is 48.5 Å². The van der Waals surface area contributed by atoms with Crippen LogP contribution in [0, 0.1) is 5.82 Å². The van der Waals surface area contributed by atoms with E-state index >= 15 is 0 Å². The molecule has 86 valence electrons.